The number of carbonyl (C=O) groups is 2. The fourth-order valence-electron chi connectivity index (χ4n) is 1.76. The maximum absolute atomic E-state index is 12.2. The molecule has 0 atom stereocenters. The Kier molecular flexibility index (Phi) is 5.02. The molecule has 0 fully saturated rings. The van der Waals surface area contributed by atoms with Gasteiger partial charge in [0.05, 0.1) is 25.0 Å². The summed E-state index contributed by atoms with van der Waals surface area (Å²) in [6.45, 7) is 2.25. The zero-order valence-corrected chi connectivity index (χ0v) is 12.2. The number of methoxy groups -OCH3 is 1. The lowest BCUT2D eigenvalue weighted by Crippen LogP contribution is -2.17. The zero-order chi connectivity index (χ0) is 15.9. The smallest absolute Gasteiger partial charge is 0.339 e. The Balaban J connectivity index is 2.22. The quantitative estimate of drug-likeness (QED) is 0.848. The van der Waals surface area contributed by atoms with Gasteiger partial charge in [0.1, 0.15) is 12.0 Å². The summed E-state index contributed by atoms with van der Waals surface area (Å²) in [5, 5.41) is 2.63. The first kappa shape index (κ1) is 15.4. The first-order chi connectivity index (χ1) is 10.7. The normalized spacial score (nSPS) is 9.91. The van der Waals surface area contributed by atoms with Gasteiger partial charge in [-0.1, -0.05) is 12.1 Å². The van der Waals surface area contributed by atoms with Crippen molar-refractivity contribution >= 4 is 17.6 Å². The van der Waals surface area contributed by atoms with Gasteiger partial charge in [-0.15, -0.1) is 0 Å². The number of nitrogens with zero attached hydrogens (tertiary/aromatic N) is 2. The van der Waals surface area contributed by atoms with Crippen LogP contribution in [0.25, 0.3) is 0 Å². The molecule has 0 bridgehead atoms. The van der Waals surface area contributed by atoms with Gasteiger partial charge in [0.25, 0.3) is 5.91 Å². The van der Waals surface area contributed by atoms with Crippen molar-refractivity contribution in [1.29, 1.82) is 0 Å². The molecule has 1 aromatic heterocycles. The summed E-state index contributed by atoms with van der Waals surface area (Å²) in [5.74, 6) is -0.697. The molecular formula is C15H15N3O4. The number of anilines is 1. The molecule has 1 heterocycles. The van der Waals surface area contributed by atoms with E-state index in [9.17, 15) is 9.59 Å². The van der Waals surface area contributed by atoms with Crippen molar-refractivity contribution < 1.29 is 19.1 Å². The van der Waals surface area contributed by atoms with Crippen molar-refractivity contribution in [3.8, 4) is 5.88 Å². The SMILES string of the molecule is CCOc1cc(C(=O)Nc2ccccc2C(=O)OC)ncn1. The number of benzene rings is 1. The molecule has 22 heavy (non-hydrogen) atoms. The second kappa shape index (κ2) is 7.16. The first-order valence-electron chi connectivity index (χ1n) is 6.59. The fourth-order valence-corrected chi connectivity index (χ4v) is 1.76. The van der Waals surface area contributed by atoms with E-state index in [0.29, 0.717) is 18.2 Å². The van der Waals surface area contributed by atoms with Crippen LogP contribution in [0.1, 0.15) is 27.8 Å². The molecule has 7 heteroatoms. The number of esters is 1. The van der Waals surface area contributed by atoms with Crippen LogP contribution in [0, 0.1) is 0 Å². The van der Waals surface area contributed by atoms with Crippen molar-refractivity contribution in [2.75, 3.05) is 19.0 Å². The molecule has 114 valence electrons. The third-order valence-corrected chi connectivity index (χ3v) is 2.75. The highest BCUT2D eigenvalue weighted by molar-refractivity contribution is 6.07. The van der Waals surface area contributed by atoms with Crippen molar-refractivity contribution in [3.05, 3.63) is 47.9 Å². The van der Waals surface area contributed by atoms with Crippen molar-refractivity contribution in [2.24, 2.45) is 0 Å². The minimum absolute atomic E-state index is 0.137. The summed E-state index contributed by atoms with van der Waals surface area (Å²) in [7, 11) is 1.28. The van der Waals surface area contributed by atoms with E-state index in [0.717, 1.165) is 0 Å². The number of nitrogens with one attached hydrogen (secondary N) is 1. The van der Waals surface area contributed by atoms with Crippen LogP contribution < -0.4 is 10.1 Å². The van der Waals surface area contributed by atoms with Gasteiger partial charge in [-0.3, -0.25) is 4.79 Å². The average molecular weight is 301 g/mol. The monoisotopic (exact) mass is 301 g/mol. The van der Waals surface area contributed by atoms with Gasteiger partial charge in [-0.2, -0.15) is 0 Å². The second-order valence-electron chi connectivity index (χ2n) is 4.17. The van der Waals surface area contributed by atoms with Gasteiger partial charge < -0.3 is 14.8 Å². The molecule has 0 aliphatic heterocycles. The number of aromatic nitrogens is 2. The molecule has 0 saturated heterocycles. The molecule has 0 saturated carbocycles. The van der Waals surface area contributed by atoms with Crippen LogP contribution in [0.15, 0.2) is 36.7 Å². The topological polar surface area (TPSA) is 90.4 Å². The summed E-state index contributed by atoms with van der Waals surface area (Å²) in [5.41, 5.74) is 0.742. The standard InChI is InChI=1S/C15H15N3O4/c1-3-22-13-8-12(16-9-17-13)14(19)18-11-7-5-4-6-10(11)15(20)21-2/h4-9H,3H2,1-2H3,(H,18,19). The lowest BCUT2D eigenvalue weighted by atomic mass is 10.1. The molecule has 0 aliphatic rings. The lowest BCUT2D eigenvalue weighted by molar-refractivity contribution is 0.0602. The van der Waals surface area contributed by atoms with Crippen molar-refractivity contribution in [3.63, 3.8) is 0 Å². The van der Waals surface area contributed by atoms with E-state index < -0.39 is 11.9 Å². The molecule has 1 amide bonds. The third kappa shape index (κ3) is 3.57. The molecule has 1 aromatic carbocycles. The zero-order valence-electron chi connectivity index (χ0n) is 12.2. The van der Waals surface area contributed by atoms with Gasteiger partial charge in [0.15, 0.2) is 0 Å². The van der Waals surface area contributed by atoms with Gasteiger partial charge in [-0.25, -0.2) is 14.8 Å². The highest BCUT2D eigenvalue weighted by atomic mass is 16.5. The molecule has 0 aliphatic carbocycles. The first-order valence-corrected chi connectivity index (χ1v) is 6.59. The van der Waals surface area contributed by atoms with E-state index in [1.54, 1.807) is 24.3 Å². The molecule has 0 radical (unpaired) electrons. The van der Waals surface area contributed by atoms with Gasteiger partial charge in [-0.05, 0) is 19.1 Å². The number of hydrogen-bond acceptors (Lipinski definition) is 6. The summed E-state index contributed by atoms with van der Waals surface area (Å²) < 4.78 is 9.90. The van der Waals surface area contributed by atoms with Crippen LogP contribution in [-0.4, -0.2) is 35.6 Å². The van der Waals surface area contributed by atoms with Crippen LogP contribution in [0.5, 0.6) is 5.88 Å². The Hall–Kier alpha value is -2.96. The van der Waals surface area contributed by atoms with Crippen LogP contribution >= 0.6 is 0 Å². The Labute approximate surface area is 127 Å². The van der Waals surface area contributed by atoms with E-state index in [4.69, 9.17) is 4.74 Å². The molecule has 0 unspecified atom stereocenters. The Morgan fingerprint density at radius 3 is 2.73 bits per heavy atom. The minimum atomic E-state index is -0.534. The third-order valence-electron chi connectivity index (χ3n) is 2.75. The maximum Gasteiger partial charge on any atom is 0.339 e. The minimum Gasteiger partial charge on any atom is -0.478 e. The van der Waals surface area contributed by atoms with Gasteiger partial charge in [0.2, 0.25) is 5.88 Å². The van der Waals surface area contributed by atoms with E-state index >= 15 is 0 Å². The average Bonchev–Trinajstić information content (AvgIpc) is 2.55. The second-order valence-corrected chi connectivity index (χ2v) is 4.17. The van der Waals surface area contributed by atoms with Gasteiger partial charge in [0, 0.05) is 6.07 Å². The predicted molar refractivity (Wildman–Crippen MR) is 78.9 cm³/mol. The number of amides is 1. The molecule has 1 N–H and O–H groups in total. The number of hydrogen-bond donors (Lipinski definition) is 1. The predicted octanol–water partition coefficient (Wildman–Crippen LogP) is 1.91. The molecule has 0 spiro atoms. The molecule has 7 nitrogen and oxygen atoms in total. The summed E-state index contributed by atoms with van der Waals surface area (Å²) >= 11 is 0. The highest BCUT2D eigenvalue weighted by Crippen LogP contribution is 2.17. The van der Waals surface area contributed by atoms with Gasteiger partial charge >= 0.3 is 5.97 Å². The van der Waals surface area contributed by atoms with E-state index in [-0.39, 0.29) is 11.3 Å². The fraction of sp³-hybridized carbons (Fsp3) is 0.200. The number of carbonyl (C=O) groups excluding carboxylic acids is 2. The van der Waals surface area contributed by atoms with Crippen LogP contribution in [0.3, 0.4) is 0 Å². The van der Waals surface area contributed by atoms with Crippen LogP contribution in [0.2, 0.25) is 0 Å². The van der Waals surface area contributed by atoms with Crippen molar-refractivity contribution in [2.45, 2.75) is 6.92 Å². The number of para-hydroxylation sites is 1. The molecular weight excluding hydrogens is 286 g/mol. The Bertz CT molecular complexity index is 688. The van der Waals surface area contributed by atoms with Crippen LogP contribution in [0.4, 0.5) is 5.69 Å². The van der Waals surface area contributed by atoms with Crippen LogP contribution in [-0.2, 0) is 4.74 Å². The number of ether oxygens (including phenoxy) is 2. The highest BCUT2D eigenvalue weighted by Gasteiger charge is 2.15. The van der Waals surface area contributed by atoms with Crippen molar-refractivity contribution in [1.82, 2.24) is 9.97 Å². The van der Waals surface area contributed by atoms with E-state index in [2.05, 4.69) is 20.0 Å². The lowest BCUT2D eigenvalue weighted by Gasteiger charge is -2.09. The maximum atomic E-state index is 12.2. The van der Waals surface area contributed by atoms with E-state index in [1.807, 2.05) is 6.92 Å². The largest absolute Gasteiger partial charge is 0.478 e. The molecule has 2 aromatic rings. The summed E-state index contributed by atoms with van der Waals surface area (Å²) in [6, 6.07) is 7.98. The number of rotatable bonds is 5. The van der Waals surface area contributed by atoms with E-state index in [1.165, 1.54) is 19.5 Å². The summed E-state index contributed by atoms with van der Waals surface area (Å²) in [6.07, 6.45) is 1.24. The Morgan fingerprint density at radius 1 is 1.23 bits per heavy atom. The molecule has 2 rings (SSSR count). The Morgan fingerprint density at radius 2 is 2.00 bits per heavy atom. The summed E-state index contributed by atoms with van der Waals surface area (Å²) in [4.78, 5) is 31.7.